The molecule has 1 N–H and O–H groups in total. The summed E-state index contributed by atoms with van der Waals surface area (Å²) in [5.74, 6) is 1.68. The van der Waals surface area contributed by atoms with Crippen LogP contribution in [0, 0.1) is 11.8 Å². The summed E-state index contributed by atoms with van der Waals surface area (Å²) < 4.78 is 7.04. The smallest absolute Gasteiger partial charge is 0.310 e. The van der Waals surface area contributed by atoms with Gasteiger partial charge >= 0.3 is 5.97 Å². The number of esters is 1. The number of hydrogen-bond donors (Lipinski definition) is 1. The molecule has 1 aromatic carbocycles. The first-order valence-corrected chi connectivity index (χ1v) is 9.19. The molecule has 3 rings (SSSR count). The lowest BCUT2D eigenvalue weighted by molar-refractivity contribution is -0.145. The van der Waals surface area contributed by atoms with Gasteiger partial charge in [0.15, 0.2) is 5.96 Å². The van der Waals surface area contributed by atoms with E-state index in [0.717, 1.165) is 24.9 Å². The quantitative estimate of drug-likeness (QED) is 0.494. The number of methoxy groups -OCH3 is 1. The van der Waals surface area contributed by atoms with Crippen molar-refractivity contribution >= 4 is 11.9 Å². The van der Waals surface area contributed by atoms with E-state index in [2.05, 4.69) is 43.8 Å². The van der Waals surface area contributed by atoms with Gasteiger partial charge in [-0.05, 0) is 11.5 Å². The maximum Gasteiger partial charge on any atom is 0.310 e. The molecule has 1 saturated heterocycles. The Kier molecular flexibility index (Phi) is 6.11. The van der Waals surface area contributed by atoms with Gasteiger partial charge in [0.05, 0.1) is 19.6 Å². The van der Waals surface area contributed by atoms with Crippen LogP contribution in [0.25, 0.3) is 0 Å². The second kappa shape index (κ2) is 8.70. The van der Waals surface area contributed by atoms with Crippen molar-refractivity contribution in [3.05, 3.63) is 54.1 Å². The Balaban J connectivity index is 1.61. The Morgan fingerprint density at radius 2 is 2.11 bits per heavy atom. The third kappa shape index (κ3) is 4.48. The minimum absolute atomic E-state index is 0.117. The van der Waals surface area contributed by atoms with E-state index in [1.54, 1.807) is 7.05 Å². The van der Waals surface area contributed by atoms with Crippen LogP contribution >= 0.6 is 0 Å². The summed E-state index contributed by atoms with van der Waals surface area (Å²) in [7, 11) is 3.20. The standard InChI is InChI=1S/C20H27N5O2/c1-15-12-25(14-17(15)19(26)27-3)20(21-2)23-11-18-22-9-10-24(18)13-16-7-5-4-6-8-16/h4-10,15,17H,11-14H2,1-3H3,(H,21,23). The SMILES string of the molecule is CN=C(NCc1nccn1Cc1ccccc1)N1CC(C)C(C(=O)OC)C1. The summed E-state index contributed by atoms with van der Waals surface area (Å²) in [6.45, 7) is 4.81. The van der Waals surface area contributed by atoms with Crippen molar-refractivity contribution in [2.24, 2.45) is 16.8 Å². The molecule has 7 nitrogen and oxygen atoms in total. The molecule has 0 aliphatic carbocycles. The maximum atomic E-state index is 11.9. The third-order valence-electron chi connectivity index (χ3n) is 5.03. The largest absolute Gasteiger partial charge is 0.469 e. The van der Waals surface area contributed by atoms with Crippen molar-refractivity contribution in [2.45, 2.75) is 20.0 Å². The monoisotopic (exact) mass is 369 g/mol. The predicted molar refractivity (Wildman–Crippen MR) is 104 cm³/mol. The highest BCUT2D eigenvalue weighted by atomic mass is 16.5. The molecule has 27 heavy (non-hydrogen) atoms. The van der Waals surface area contributed by atoms with E-state index in [1.807, 2.05) is 30.6 Å². The van der Waals surface area contributed by atoms with E-state index in [0.29, 0.717) is 13.1 Å². The molecule has 2 heterocycles. The molecule has 1 aromatic heterocycles. The van der Waals surface area contributed by atoms with Crippen LogP contribution in [0.15, 0.2) is 47.7 Å². The van der Waals surface area contributed by atoms with Gasteiger partial charge in [0.1, 0.15) is 5.82 Å². The fraction of sp³-hybridized carbons (Fsp3) is 0.450. The molecule has 0 radical (unpaired) electrons. The molecule has 0 spiro atoms. The van der Waals surface area contributed by atoms with Crippen LogP contribution in [-0.2, 0) is 22.6 Å². The number of hydrogen-bond acceptors (Lipinski definition) is 4. The summed E-state index contributed by atoms with van der Waals surface area (Å²) in [6.07, 6.45) is 3.80. The first-order valence-electron chi connectivity index (χ1n) is 9.19. The first-order chi connectivity index (χ1) is 13.1. The molecule has 0 amide bonds. The molecule has 144 valence electrons. The van der Waals surface area contributed by atoms with Gasteiger partial charge < -0.3 is 19.5 Å². The molecule has 0 bridgehead atoms. The van der Waals surface area contributed by atoms with Gasteiger partial charge in [-0.15, -0.1) is 0 Å². The average Bonchev–Trinajstić information content (AvgIpc) is 3.29. The van der Waals surface area contributed by atoms with Gasteiger partial charge in [-0.1, -0.05) is 37.3 Å². The second-order valence-corrected chi connectivity index (χ2v) is 6.87. The molecule has 1 aliphatic rings. The lowest BCUT2D eigenvalue weighted by atomic mass is 9.99. The molecular formula is C20H27N5O2. The van der Waals surface area contributed by atoms with Crippen molar-refractivity contribution in [2.75, 3.05) is 27.2 Å². The van der Waals surface area contributed by atoms with E-state index in [9.17, 15) is 4.79 Å². The summed E-state index contributed by atoms with van der Waals surface area (Å²) in [5.41, 5.74) is 1.23. The van der Waals surface area contributed by atoms with Crippen LogP contribution in [0.1, 0.15) is 18.3 Å². The second-order valence-electron chi connectivity index (χ2n) is 6.87. The van der Waals surface area contributed by atoms with Gasteiger partial charge in [0, 0.05) is 39.1 Å². The van der Waals surface area contributed by atoms with Crippen LogP contribution in [0.4, 0.5) is 0 Å². The molecule has 1 fully saturated rings. The Hall–Kier alpha value is -2.83. The summed E-state index contributed by atoms with van der Waals surface area (Å²) in [4.78, 5) is 22.9. The highest BCUT2D eigenvalue weighted by Crippen LogP contribution is 2.24. The van der Waals surface area contributed by atoms with Gasteiger partial charge in [0.2, 0.25) is 0 Å². The van der Waals surface area contributed by atoms with E-state index in [4.69, 9.17) is 4.74 Å². The molecule has 0 saturated carbocycles. The number of benzene rings is 1. The van der Waals surface area contributed by atoms with Crippen LogP contribution in [0.2, 0.25) is 0 Å². The zero-order chi connectivity index (χ0) is 19.2. The van der Waals surface area contributed by atoms with Crippen LogP contribution < -0.4 is 5.32 Å². The number of likely N-dealkylation sites (tertiary alicyclic amines) is 1. The minimum atomic E-state index is -0.154. The van der Waals surface area contributed by atoms with Crippen LogP contribution in [0.3, 0.4) is 0 Å². The minimum Gasteiger partial charge on any atom is -0.469 e. The third-order valence-corrected chi connectivity index (χ3v) is 5.03. The summed E-state index contributed by atoms with van der Waals surface area (Å²) >= 11 is 0. The number of nitrogens with one attached hydrogen (secondary N) is 1. The van der Waals surface area contributed by atoms with Crippen molar-refractivity contribution in [1.82, 2.24) is 19.8 Å². The van der Waals surface area contributed by atoms with Gasteiger partial charge in [0.25, 0.3) is 0 Å². The zero-order valence-corrected chi connectivity index (χ0v) is 16.1. The number of rotatable bonds is 5. The zero-order valence-electron chi connectivity index (χ0n) is 16.1. The highest BCUT2D eigenvalue weighted by Gasteiger charge is 2.36. The lowest BCUT2D eigenvalue weighted by Crippen LogP contribution is -2.40. The number of carbonyl (C=O) groups excluding carboxylic acids is 1. The number of guanidine groups is 1. The van der Waals surface area contributed by atoms with E-state index in [1.165, 1.54) is 12.7 Å². The number of imidazole rings is 1. The Bertz CT molecular complexity index is 787. The van der Waals surface area contributed by atoms with Crippen molar-refractivity contribution in [3.8, 4) is 0 Å². The molecule has 2 aromatic rings. The Labute approximate surface area is 160 Å². The Morgan fingerprint density at radius 3 is 2.81 bits per heavy atom. The fourth-order valence-corrected chi connectivity index (χ4v) is 3.52. The molecule has 2 atom stereocenters. The van der Waals surface area contributed by atoms with E-state index < -0.39 is 0 Å². The average molecular weight is 369 g/mol. The molecule has 7 heteroatoms. The highest BCUT2D eigenvalue weighted by molar-refractivity contribution is 5.82. The van der Waals surface area contributed by atoms with Crippen molar-refractivity contribution in [1.29, 1.82) is 0 Å². The number of carbonyl (C=O) groups is 1. The first kappa shape index (κ1) is 18.9. The normalized spacial score (nSPS) is 20.0. The number of ether oxygens (including phenoxy) is 1. The van der Waals surface area contributed by atoms with Crippen molar-refractivity contribution in [3.63, 3.8) is 0 Å². The van der Waals surface area contributed by atoms with Crippen LogP contribution in [-0.4, -0.2) is 53.6 Å². The number of aliphatic imine (C=N–C) groups is 1. The van der Waals surface area contributed by atoms with E-state index >= 15 is 0 Å². The summed E-state index contributed by atoms with van der Waals surface area (Å²) in [5, 5.41) is 3.38. The molecular weight excluding hydrogens is 342 g/mol. The van der Waals surface area contributed by atoms with Crippen molar-refractivity contribution < 1.29 is 9.53 Å². The van der Waals surface area contributed by atoms with E-state index in [-0.39, 0.29) is 17.8 Å². The fourth-order valence-electron chi connectivity index (χ4n) is 3.52. The predicted octanol–water partition coefficient (Wildman–Crippen LogP) is 1.75. The topological polar surface area (TPSA) is 71.8 Å². The number of aromatic nitrogens is 2. The number of nitrogens with zero attached hydrogens (tertiary/aromatic N) is 4. The maximum absolute atomic E-state index is 11.9. The molecule has 1 aliphatic heterocycles. The summed E-state index contributed by atoms with van der Waals surface area (Å²) in [6, 6.07) is 10.3. The van der Waals surface area contributed by atoms with Gasteiger partial charge in [-0.3, -0.25) is 9.79 Å². The van der Waals surface area contributed by atoms with Gasteiger partial charge in [-0.25, -0.2) is 4.98 Å². The molecule has 2 unspecified atom stereocenters. The Morgan fingerprint density at radius 1 is 1.33 bits per heavy atom. The lowest BCUT2D eigenvalue weighted by Gasteiger charge is -2.21. The van der Waals surface area contributed by atoms with Crippen LogP contribution in [0.5, 0.6) is 0 Å². The van der Waals surface area contributed by atoms with Gasteiger partial charge in [-0.2, -0.15) is 0 Å².